The molecular weight excluding hydrogens is 236 g/mol. The maximum Gasteiger partial charge on any atom is 0.224 e. The van der Waals surface area contributed by atoms with Crippen molar-refractivity contribution >= 4 is 11.6 Å². The number of hydrogen-bond acceptors (Lipinski definition) is 2. The van der Waals surface area contributed by atoms with Crippen molar-refractivity contribution in [1.82, 2.24) is 4.90 Å². The standard InChI is InChI=1S/C16H24N2O/c1-13-7-3-4-9-15(13)17-16(19)11-10-14-8-5-6-12-18(14)2/h3-4,7,9,14H,5-6,8,10-12H2,1-2H3,(H,17,19). The van der Waals surface area contributed by atoms with E-state index in [9.17, 15) is 4.79 Å². The third-order valence-electron chi connectivity index (χ3n) is 4.05. The minimum absolute atomic E-state index is 0.133. The van der Waals surface area contributed by atoms with Crippen molar-refractivity contribution in [2.45, 2.75) is 45.1 Å². The molecule has 3 heteroatoms. The van der Waals surface area contributed by atoms with Crippen LogP contribution in [0.15, 0.2) is 24.3 Å². The van der Waals surface area contributed by atoms with Gasteiger partial charge < -0.3 is 10.2 Å². The van der Waals surface area contributed by atoms with Crippen LogP contribution in [0, 0.1) is 6.92 Å². The number of anilines is 1. The molecule has 1 heterocycles. The monoisotopic (exact) mass is 260 g/mol. The fourth-order valence-electron chi connectivity index (χ4n) is 2.73. The average molecular weight is 260 g/mol. The van der Waals surface area contributed by atoms with Gasteiger partial charge in [-0.05, 0) is 51.4 Å². The number of hydrogen-bond donors (Lipinski definition) is 1. The SMILES string of the molecule is Cc1ccccc1NC(=O)CCC1CCCCN1C. The highest BCUT2D eigenvalue weighted by atomic mass is 16.1. The predicted molar refractivity (Wildman–Crippen MR) is 79.3 cm³/mol. The average Bonchev–Trinajstić information content (AvgIpc) is 2.40. The number of rotatable bonds is 4. The van der Waals surface area contributed by atoms with Crippen LogP contribution < -0.4 is 5.32 Å². The zero-order chi connectivity index (χ0) is 13.7. The molecular formula is C16H24N2O. The molecule has 0 spiro atoms. The topological polar surface area (TPSA) is 32.3 Å². The van der Waals surface area contributed by atoms with Gasteiger partial charge in [0, 0.05) is 18.2 Å². The van der Waals surface area contributed by atoms with Gasteiger partial charge >= 0.3 is 0 Å². The van der Waals surface area contributed by atoms with Crippen LogP contribution in [0.2, 0.25) is 0 Å². The quantitative estimate of drug-likeness (QED) is 0.901. The van der Waals surface area contributed by atoms with Crippen molar-refractivity contribution in [3.8, 4) is 0 Å². The Kier molecular flexibility index (Phi) is 4.97. The van der Waals surface area contributed by atoms with Crippen molar-refractivity contribution in [1.29, 1.82) is 0 Å². The zero-order valence-electron chi connectivity index (χ0n) is 12.0. The number of carbonyl (C=O) groups is 1. The van der Waals surface area contributed by atoms with Crippen LogP contribution >= 0.6 is 0 Å². The van der Waals surface area contributed by atoms with Crippen LogP contribution in [0.1, 0.15) is 37.7 Å². The Balaban J connectivity index is 1.80. The summed E-state index contributed by atoms with van der Waals surface area (Å²) in [4.78, 5) is 14.4. The molecule has 1 N–H and O–H groups in total. The highest BCUT2D eigenvalue weighted by molar-refractivity contribution is 5.91. The summed E-state index contributed by atoms with van der Waals surface area (Å²) in [6.07, 6.45) is 5.41. The van der Waals surface area contributed by atoms with Crippen molar-refractivity contribution in [3.05, 3.63) is 29.8 Å². The van der Waals surface area contributed by atoms with Crippen LogP contribution in [0.25, 0.3) is 0 Å². The summed E-state index contributed by atoms with van der Waals surface area (Å²) in [5.74, 6) is 0.133. The number of piperidine rings is 1. The number of amides is 1. The third kappa shape index (κ3) is 4.06. The van der Waals surface area contributed by atoms with Crippen molar-refractivity contribution < 1.29 is 4.79 Å². The number of nitrogens with zero attached hydrogens (tertiary/aromatic N) is 1. The lowest BCUT2D eigenvalue weighted by Gasteiger charge is -2.32. The van der Waals surface area contributed by atoms with Gasteiger partial charge in [-0.1, -0.05) is 24.6 Å². The van der Waals surface area contributed by atoms with E-state index in [1.807, 2.05) is 31.2 Å². The van der Waals surface area contributed by atoms with Gasteiger partial charge in [-0.2, -0.15) is 0 Å². The third-order valence-corrected chi connectivity index (χ3v) is 4.05. The van der Waals surface area contributed by atoms with Gasteiger partial charge in [0.15, 0.2) is 0 Å². The first-order valence-corrected chi connectivity index (χ1v) is 7.22. The molecule has 0 aliphatic carbocycles. The van der Waals surface area contributed by atoms with Gasteiger partial charge in [-0.25, -0.2) is 0 Å². The molecule has 1 aromatic carbocycles. The summed E-state index contributed by atoms with van der Waals surface area (Å²) < 4.78 is 0. The van der Waals surface area contributed by atoms with Gasteiger partial charge in [0.1, 0.15) is 0 Å². The number of para-hydroxylation sites is 1. The molecule has 2 rings (SSSR count). The second kappa shape index (κ2) is 6.71. The van der Waals surface area contributed by atoms with Crippen molar-refractivity contribution in [3.63, 3.8) is 0 Å². The maximum atomic E-state index is 12.0. The Morgan fingerprint density at radius 2 is 2.16 bits per heavy atom. The minimum atomic E-state index is 0.133. The molecule has 1 aliphatic rings. The summed E-state index contributed by atoms with van der Waals surface area (Å²) >= 11 is 0. The van der Waals surface area contributed by atoms with E-state index >= 15 is 0 Å². The smallest absolute Gasteiger partial charge is 0.224 e. The van der Waals surface area contributed by atoms with Gasteiger partial charge in [-0.3, -0.25) is 4.79 Å². The molecule has 1 fully saturated rings. The first kappa shape index (κ1) is 14.1. The van der Waals surface area contributed by atoms with Gasteiger partial charge in [0.05, 0.1) is 0 Å². The van der Waals surface area contributed by atoms with Crippen molar-refractivity contribution in [2.24, 2.45) is 0 Å². The van der Waals surface area contributed by atoms with E-state index < -0.39 is 0 Å². The van der Waals surface area contributed by atoms with Crippen LogP contribution in [0.3, 0.4) is 0 Å². The first-order valence-electron chi connectivity index (χ1n) is 7.22. The van der Waals surface area contributed by atoms with Gasteiger partial charge in [-0.15, -0.1) is 0 Å². The fraction of sp³-hybridized carbons (Fsp3) is 0.562. The van der Waals surface area contributed by atoms with E-state index in [1.54, 1.807) is 0 Å². The highest BCUT2D eigenvalue weighted by Crippen LogP contribution is 2.20. The van der Waals surface area contributed by atoms with E-state index in [1.165, 1.54) is 25.8 Å². The van der Waals surface area contributed by atoms with E-state index in [2.05, 4.69) is 17.3 Å². The zero-order valence-corrected chi connectivity index (χ0v) is 12.0. The molecule has 0 aromatic heterocycles. The van der Waals surface area contributed by atoms with E-state index in [-0.39, 0.29) is 5.91 Å². The number of nitrogens with one attached hydrogen (secondary N) is 1. The lowest BCUT2D eigenvalue weighted by molar-refractivity contribution is -0.116. The Morgan fingerprint density at radius 3 is 2.89 bits per heavy atom. The minimum Gasteiger partial charge on any atom is -0.326 e. The van der Waals surface area contributed by atoms with Crippen LogP contribution in [0.5, 0.6) is 0 Å². The lowest BCUT2D eigenvalue weighted by Crippen LogP contribution is -2.36. The summed E-state index contributed by atoms with van der Waals surface area (Å²) in [6.45, 7) is 3.19. The molecule has 104 valence electrons. The van der Waals surface area contributed by atoms with Gasteiger partial charge in [0.25, 0.3) is 0 Å². The number of benzene rings is 1. The molecule has 1 aromatic rings. The second-order valence-electron chi connectivity index (χ2n) is 5.53. The normalized spacial score (nSPS) is 20.2. The first-order chi connectivity index (χ1) is 9.16. The summed E-state index contributed by atoms with van der Waals surface area (Å²) in [6, 6.07) is 8.50. The van der Waals surface area contributed by atoms with E-state index in [4.69, 9.17) is 0 Å². The molecule has 1 amide bonds. The molecule has 1 aliphatic heterocycles. The fourth-order valence-corrected chi connectivity index (χ4v) is 2.73. The molecule has 1 saturated heterocycles. The Hall–Kier alpha value is -1.35. The Labute approximate surface area is 116 Å². The van der Waals surface area contributed by atoms with Crippen LogP contribution in [0.4, 0.5) is 5.69 Å². The molecule has 0 bridgehead atoms. The summed E-state index contributed by atoms with van der Waals surface area (Å²) in [5, 5.41) is 3.01. The highest BCUT2D eigenvalue weighted by Gasteiger charge is 2.19. The predicted octanol–water partition coefficient (Wildman–Crippen LogP) is 3.20. The molecule has 19 heavy (non-hydrogen) atoms. The Morgan fingerprint density at radius 1 is 1.37 bits per heavy atom. The molecule has 0 radical (unpaired) electrons. The molecule has 0 saturated carbocycles. The summed E-state index contributed by atoms with van der Waals surface area (Å²) in [5.41, 5.74) is 2.05. The number of aryl methyl sites for hydroxylation is 1. The lowest BCUT2D eigenvalue weighted by atomic mass is 9.98. The maximum absolute atomic E-state index is 12.0. The molecule has 3 nitrogen and oxygen atoms in total. The number of carbonyl (C=O) groups excluding carboxylic acids is 1. The van der Waals surface area contributed by atoms with E-state index in [0.717, 1.165) is 17.7 Å². The number of likely N-dealkylation sites (tertiary alicyclic amines) is 1. The molecule has 1 unspecified atom stereocenters. The van der Waals surface area contributed by atoms with Crippen LogP contribution in [-0.2, 0) is 4.79 Å². The second-order valence-corrected chi connectivity index (χ2v) is 5.53. The van der Waals surface area contributed by atoms with Crippen molar-refractivity contribution in [2.75, 3.05) is 18.9 Å². The largest absolute Gasteiger partial charge is 0.326 e. The van der Waals surface area contributed by atoms with E-state index in [0.29, 0.717) is 12.5 Å². The molecule has 1 atom stereocenters. The van der Waals surface area contributed by atoms with Gasteiger partial charge in [0.2, 0.25) is 5.91 Å². The Bertz CT molecular complexity index is 431. The van der Waals surface area contributed by atoms with Crippen LogP contribution in [-0.4, -0.2) is 30.4 Å². The summed E-state index contributed by atoms with van der Waals surface area (Å²) in [7, 11) is 2.17.